The molecule has 17 heavy (non-hydrogen) atoms. The van der Waals surface area contributed by atoms with Gasteiger partial charge in [0.25, 0.3) is 0 Å². The number of epoxide rings is 1. The Bertz CT molecular complexity index is 339. The lowest BCUT2D eigenvalue weighted by Crippen LogP contribution is -2.05. The molecular formula is C13H18O4. The van der Waals surface area contributed by atoms with Crippen LogP contribution in [0.4, 0.5) is 0 Å². The fraction of sp³-hybridized carbons (Fsp3) is 0.538. The molecule has 1 saturated heterocycles. The standard InChI is InChI=1S/C13H18O4/c1-15-13-7-10(4-5-12(13)14)3-2-6-16-8-11-9-17-11/h2-5,10-11,14H,6-9H2,1H3/b3-2+. The zero-order valence-electron chi connectivity index (χ0n) is 9.96. The zero-order chi connectivity index (χ0) is 12.1. The lowest BCUT2D eigenvalue weighted by Gasteiger charge is -2.16. The molecule has 0 radical (unpaired) electrons. The molecule has 0 aromatic heterocycles. The average Bonchev–Trinajstić information content (AvgIpc) is 3.15. The van der Waals surface area contributed by atoms with Crippen molar-refractivity contribution in [3.63, 3.8) is 0 Å². The molecule has 94 valence electrons. The van der Waals surface area contributed by atoms with Crippen LogP contribution in [0.15, 0.2) is 35.8 Å². The van der Waals surface area contributed by atoms with Crippen LogP contribution >= 0.6 is 0 Å². The van der Waals surface area contributed by atoms with E-state index in [-0.39, 0.29) is 11.7 Å². The highest BCUT2D eigenvalue weighted by molar-refractivity contribution is 5.24. The molecule has 2 rings (SSSR count). The van der Waals surface area contributed by atoms with Crippen LogP contribution < -0.4 is 0 Å². The molecule has 0 aromatic rings. The lowest BCUT2D eigenvalue weighted by molar-refractivity contribution is 0.140. The van der Waals surface area contributed by atoms with Crippen molar-refractivity contribution >= 4 is 0 Å². The van der Waals surface area contributed by atoms with Gasteiger partial charge in [0, 0.05) is 12.3 Å². The Labute approximate surface area is 101 Å². The van der Waals surface area contributed by atoms with Gasteiger partial charge >= 0.3 is 0 Å². The molecule has 1 N–H and O–H groups in total. The van der Waals surface area contributed by atoms with Crippen LogP contribution in [0.2, 0.25) is 0 Å². The summed E-state index contributed by atoms with van der Waals surface area (Å²) in [5, 5.41) is 9.47. The van der Waals surface area contributed by atoms with E-state index in [2.05, 4.69) is 6.08 Å². The van der Waals surface area contributed by atoms with Crippen LogP contribution in [-0.2, 0) is 14.2 Å². The highest BCUT2D eigenvalue weighted by Gasteiger charge is 2.21. The number of rotatable bonds is 6. The smallest absolute Gasteiger partial charge is 0.152 e. The van der Waals surface area contributed by atoms with Crippen molar-refractivity contribution in [3.8, 4) is 0 Å². The molecular weight excluding hydrogens is 220 g/mol. The van der Waals surface area contributed by atoms with Crippen LogP contribution in [0.3, 0.4) is 0 Å². The minimum atomic E-state index is 0.222. The summed E-state index contributed by atoms with van der Waals surface area (Å²) in [4.78, 5) is 0. The molecule has 0 amide bonds. The number of aliphatic hydroxyl groups is 1. The van der Waals surface area contributed by atoms with Crippen LogP contribution in [-0.4, -0.2) is 38.1 Å². The maximum absolute atomic E-state index is 9.47. The highest BCUT2D eigenvalue weighted by atomic mass is 16.6. The Morgan fingerprint density at radius 2 is 2.41 bits per heavy atom. The first-order chi connectivity index (χ1) is 8.29. The molecule has 2 atom stereocenters. The van der Waals surface area contributed by atoms with Gasteiger partial charge in [-0.2, -0.15) is 0 Å². The van der Waals surface area contributed by atoms with Crippen molar-refractivity contribution in [2.45, 2.75) is 12.5 Å². The first kappa shape index (κ1) is 12.2. The van der Waals surface area contributed by atoms with Gasteiger partial charge in [0.2, 0.25) is 0 Å². The molecule has 1 aliphatic heterocycles. The minimum absolute atomic E-state index is 0.222. The fourth-order valence-corrected chi connectivity index (χ4v) is 1.68. The summed E-state index contributed by atoms with van der Waals surface area (Å²) >= 11 is 0. The number of hydrogen-bond donors (Lipinski definition) is 1. The van der Waals surface area contributed by atoms with E-state index in [1.54, 1.807) is 13.2 Å². The van der Waals surface area contributed by atoms with Gasteiger partial charge in [0.15, 0.2) is 5.76 Å². The van der Waals surface area contributed by atoms with Crippen molar-refractivity contribution in [1.82, 2.24) is 0 Å². The number of ether oxygens (including phenoxy) is 3. The molecule has 4 heteroatoms. The maximum atomic E-state index is 9.47. The average molecular weight is 238 g/mol. The third-order valence-electron chi connectivity index (χ3n) is 2.76. The molecule has 2 unspecified atom stereocenters. The summed E-state index contributed by atoms with van der Waals surface area (Å²) in [6, 6.07) is 0. The van der Waals surface area contributed by atoms with E-state index in [0.717, 1.165) is 6.61 Å². The van der Waals surface area contributed by atoms with Gasteiger partial charge in [-0.25, -0.2) is 0 Å². The number of hydrogen-bond acceptors (Lipinski definition) is 4. The fourth-order valence-electron chi connectivity index (χ4n) is 1.68. The normalized spacial score (nSPS) is 27.8. The first-order valence-electron chi connectivity index (χ1n) is 5.80. The van der Waals surface area contributed by atoms with E-state index in [4.69, 9.17) is 14.2 Å². The Balaban J connectivity index is 1.69. The molecule has 0 aromatic carbocycles. The predicted molar refractivity (Wildman–Crippen MR) is 63.6 cm³/mol. The summed E-state index contributed by atoms with van der Waals surface area (Å²) < 4.78 is 15.5. The molecule has 1 fully saturated rings. The van der Waals surface area contributed by atoms with Gasteiger partial charge in [0.05, 0.1) is 26.9 Å². The second kappa shape index (κ2) is 5.89. The quantitative estimate of drug-likeness (QED) is 0.436. The number of aliphatic hydroxyl groups excluding tert-OH is 1. The Morgan fingerprint density at radius 3 is 3.12 bits per heavy atom. The predicted octanol–water partition coefficient (Wildman–Crippen LogP) is 1.95. The van der Waals surface area contributed by atoms with E-state index < -0.39 is 0 Å². The minimum Gasteiger partial charge on any atom is -0.504 e. The summed E-state index contributed by atoms with van der Waals surface area (Å²) in [6.45, 7) is 2.10. The Kier molecular flexibility index (Phi) is 4.23. The summed E-state index contributed by atoms with van der Waals surface area (Å²) in [6.07, 6.45) is 8.70. The summed E-state index contributed by atoms with van der Waals surface area (Å²) in [5.41, 5.74) is 0. The van der Waals surface area contributed by atoms with Crippen molar-refractivity contribution in [2.24, 2.45) is 5.92 Å². The number of methoxy groups -OCH3 is 1. The van der Waals surface area contributed by atoms with Gasteiger partial charge in [-0.3, -0.25) is 0 Å². The third-order valence-corrected chi connectivity index (χ3v) is 2.76. The molecule has 1 aliphatic carbocycles. The van der Waals surface area contributed by atoms with E-state index >= 15 is 0 Å². The van der Waals surface area contributed by atoms with Crippen molar-refractivity contribution < 1.29 is 19.3 Å². The largest absolute Gasteiger partial charge is 0.504 e. The highest BCUT2D eigenvalue weighted by Crippen LogP contribution is 2.23. The Morgan fingerprint density at radius 1 is 1.59 bits per heavy atom. The van der Waals surface area contributed by atoms with Gasteiger partial charge in [-0.1, -0.05) is 18.2 Å². The molecule has 2 aliphatic rings. The topological polar surface area (TPSA) is 51.2 Å². The van der Waals surface area contributed by atoms with E-state index in [1.165, 1.54) is 0 Å². The second-order valence-electron chi connectivity index (χ2n) is 4.16. The monoisotopic (exact) mass is 238 g/mol. The Hall–Kier alpha value is -1.26. The summed E-state index contributed by atoms with van der Waals surface area (Å²) in [7, 11) is 1.57. The molecule has 0 bridgehead atoms. The zero-order valence-corrected chi connectivity index (χ0v) is 9.96. The van der Waals surface area contributed by atoms with Crippen LogP contribution in [0.1, 0.15) is 6.42 Å². The van der Waals surface area contributed by atoms with Crippen molar-refractivity contribution in [3.05, 3.63) is 35.8 Å². The number of allylic oxidation sites excluding steroid dienone is 4. The summed E-state index contributed by atoms with van der Waals surface area (Å²) in [5.74, 6) is 1.12. The van der Waals surface area contributed by atoms with E-state index in [9.17, 15) is 5.11 Å². The van der Waals surface area contributed by atoms with Gasteiger partial charge in [-0.15, -0.1) is 0 Å². The van der Waals surface area contributed by atoms with E-state index in [0.29, 0.717) is 31.5 Å². The van der Waals surface area contributed by atoms with Crippen LogP contribution in [0.5, 0.6) is 0 Å². The van der Waals surface area contributed by atoms with Crippen molar-refractivity contribution in [1.29, 1.82) is 0 Å². The van der Waals surface area contributed by atoms with Crippen LogP contribution in [0, 0.1) is 5.92 Å². The molecule has 0 spiro atoms. The third kappa shape index (κ3) is 3.91. The van der Waals surface area contributed by atoms with Crippen LogP contribution in [0.25, 0.3) is 0 Å². The maximum Gasteiger partial charge on any atom is 0.152 e. The molecule has 4 nitrogen and oxygen atoms in total. The SMILES string of the molecule is COC1=C(O)C=CC(/C=C/COCC2CO2)C1. The second-order valence-corrected chi connectivity index (χ2v) is 4.16. The molecule has 1 heterocycles. The molecule has 0 saturated carbocycles. The lowest BCUT2D eigenvalue weighted by atomic mass is 9.98. The van der Waals surface area contributed by atoms with Gasteiger partial charge < -0.3 is 19.3 Å². The van der Waals surface area contributed by atoms with E-state index in [1.807, 2.05) is 12.2 Å². The van der Waals surface area contributed by atoms with Gasteiger partial charge in [-0.05, 0) is 6.08 Å². The first-order valence-corrected chi connectivity index (χ1v) is 5.80. The van der Waals surface area contributed by atoms with Gasteiger partial charge in [0.1, 0.15) is 11.9 Å². The van der Waals surface area contributed by atoms with Crippen molar-refractivity contribution in [2.75, 3.05) is 26.9 Å².